The Kier molecular flexibility index (Phi) is 10.4. The summed E-state index contributed by atoms with van der Waals surface area (Å²) >= 11 is 3.39. The molecule has 3 rings (SSSR count). The normalized spacial score (nSPS) is 26.5. The topological polar surface area (TPSA) is 49.4 Å². The highest BCUT2D eigenvalue weighted by Gasteiger charge is 2.52. The van der Waals surface area contributed by atoms with Crippen molar-refractivity contribution in [2.45, 2.75) is 52.6 Å². The van der Waals surface area contributed by atoms with E-state index in [4.69, 9.17) is 0 Å². The summed E-state index contributed by atoms with van der Waals surface area (Å²) in [6.45, 7) is 8.03. The van der Waals surface area contributed by atoms with Crippen molar-refractivity contribution in [1.82, 2.24) is 9.03 Å². The molecule has 12 heteroatoms. The molecule has 29 heavy (non-hydrogen) atoms. The van der Waals surface area contributed by atoms with Gasteiger partial charge in [0.25, 0.3) is 10.2 Å². The molecule has 4 nitrogen and oxygen atoms in total. The number of nitrogens with zero attached hydrogens (tertiary/aromatic N) is 1. The smallest absolute Gasteiger partial charge is 0.198 e. The van der Waals surface area contributed by atoms with Crippen LogP contribution in [0.15, 0.2) is 28.7 Å². The van der Waals surface area contributed by atoms with E-state index in [1.54, 1.807) is 4.31 Å². The fraction of sp³-hybridized carbons (Fsp3) is 0.647. The Hall–Kier alpha value is 2.15. The number of hydrogen-bond donors (Lipinski definition) is 1. The van der Waals surface area contributed by atoms with Crippen molar-refractivity contribution in [3.05, 3.63) is 34.3 Å². The van der Waals surface area contributed by atoms with Crippen LogP contribution in [0, 0.1) is 10.8 Å². The van der Waals surface area contributed by atoms with Crippen molar-refractivity contribution in [3.63, 3.8) is 0 Å². The number of benzene rings is 1. The van der Waals surface area contributed by atoms with Crippen LogP contribution in [0.2, 0.25) is 0 Å². The first-order chi connectivity index (χ1) is 13.2. The molecular weight excluding hydrogens is 562 g/mol. The fourth-order valence-corrected chi connectivity index (χ4v) is 6.35. The lowest BCUT2D eigenvalue weighted by Gasteiger charge is -2.39. The number of fused-ring (bicyclic) bond motifs is 2. The number of hydrogen-bond acceptors (Lipinski definition) is 2. The van der Waals surface area contributed by atoms with Gasteiger partial charge in [-0.1, -0.05) is 48.8 Å². The molecule has 0 aromatic heterocycles. The maximum absolute atomic E-state index is 12.8. The summed E-state index contributed by atoms with van der Waals surface area (Å²) in [4.78, 5) is 0. The number of nitrogens with one attached hydrogen (secondary N) is 1. The molecule has 6 atom stereocenters. The third kappa shape index (κ3) is 8.46. The van der Waals surface area contributed by atoms with E-state index in [1.807, 2.05) is 24.3 Å². The predicted molar refractivity (Wildman–Crippen MR) is 149 cm³/mol. The van der Waals surface area contributed by atoms with Gasteiger partial charge < -0.3 is 0 Å². The van der Waals surface area contributed by atoms with Crippen LogP contribution in [0.4, 0.5) is 0 Å². The maximum Gasteiger partial charge on any atom is 0.280 e. The summed E-state index contributed by atoms with van der Waals surface area (Å²) in [7, 11) is 7.71. The van der Waals surface area contributed by atoms with E-state index < -0.39 is 10.2 Å². The third-order valence-corrected chi connectivity index (χ3v) is 28.7. The molecule has 1 aliphatic heterocycles. The van der Waals surface area contributed by atoms with E-state index in [-0.39, 0.29) is 30.8 Å². The van der Waals surface area contributed by atoms with Crippen molar-refractivity contribution in [2.75, 3.05) is 6.54 Å². The van der Waals surface area contributed by atoms with Gasteiger partial charge in [0.1, 0.15) is 0 Å². The first-order valence-electron chi connectivity index (χ1n) is 9.33. The third-order valence-electron chi connectivity index (χ3n) is 5.31. The van der Waals surface area contributed by atoms with Gasteiger partial charge in [-0.3, -0.25) is 0 Å². The van der Waals surface area contributed by atoms with Gasteiger partial charge in [-0.05, 0) is 61.8 Å². The van der Waals surface area contributed by atoms with E-state index in [0.29, 0.717) is 13.1 Å². The average Bonchev–Trinajstić information content (AvgIpc) is 2.84. The van der Waals surface area contributed by atoms with Crippen LogP contribution in [0.1, 0.15) is 45.6 Å². The fourth-order valence-electron chi connectivity index (χ4n) is 4.55. The van der Waals surface area contributed by atoms with E-state index in [9.17, 15) is 8.42 Å². The van der Waals surface area contributed by atoms with Crippen molar-refractivity contribution in [1.29, 1.82) is 0 Å². The monoisotopic (exact) mass is 594 g/mol. The second-order valence-corrected chi connectivity index (χ2v) is 31.4. The van der Waals surface area contributed by atoms with Crippen LogP contribution in [0.5, 0.6) is 0 Å². The van der Waals surface area contributed by atoms with E-state index in [1.165, 1.54) is 0 Å². The Morgan fingerprint density at radius 1 is 1.10 bits per heavy atom. The molecule has 0 amide bonds. The quantitative estimate of drug-likeness (QED) is 0.385. The van der Waals surface area contributed by atoms with Gasteiger partial charge in [-0.25, -0.2) is 0 Å². The van der Waals surface area contributed by atoms with Gasteiger partial charge in [0.15, 0.2) is 0 Å². The van der Waals surface area contributed by atoms with Gasteiger partial charge in [0.05, 0.1) is 0 Å². The molecule has 166 valence electrons. The molecule has 1 aliphatic carbocycles. The highest BCUT2D eigenvalue weighted by Crippen LogP contribution is 2.86. The summed E-state index contributed by atoms with van der Waals surface area (Å²) in [5.41, 5.74) is 1.29. The molecule has 2 bridgehead atoms. The predicted octanol–water partition coefficient (Wildman–Crippen LogP) is 6.71. The zero-order valence-corrected chi connectivity index (χ0v) is 26.0. The molecule has 0 spiro atoms. The van der Waals surface area contributed by atoms with E-state index >= 15 is 0 Å². The minimum absolute atomic E-state index is 0.110. The number of halogens is 1. The summed E-state index contributed by atoms with van der Waals surface area (Å²) in [6.07, 6.45) is 3.02. The summed E-state index contributed by atoms with van der Waals surface area (Å²) < 4.78 is 31.0. The van der Waals surface area contributed by atoms with Crippen molar-refractivity contribution < 1.29 is 8.42 Å². The standard InChI is InChI=1S/C17H25BrN2O2S.H8P6/c1-16(2)8-15-9-17(3,11-16)12-20(15)23(21,22)19-10-13-4-6-14(18)7-5-13;1-5(2)6(3)4/h4-7,15,19H,8-12H2,1-3H3;1-4H2. The molecular formula is C17H33BrN2O2P6S. The first kappa shape index (κ1) is 27.4. The summed E-state index contributed by atoms with van der Waals surface area (Å²) in [6, 6.07) is 7.84. The molecule has 1 N–H and O–H groups in total. The van der Waals surface area contributed by atoms with Crippen LogP contribution >= 0.6 is 65.6 Å². The van der Waals surface area contributed by atoms with Crippen LogP contribution in [-0.2, 0) is 16.8 Å². The first-order valence-corrected chi connectivity index (χ1v) is 21.4. The highest BCUT2D eigenvalue weighted by atomic mass is 79.9. The van der Waals surface area contributed by atoms with Gasteiger partial charge in [-0.2, -0.15) is 17.4 Å². The van der Waals surface area contributed by atoms with E-state index in [2.05, 4.69) is 77.1 Å². The largest absolute Gasteiger partial charge is 0.280 e. The van der Waals surface area contributed by atoms with Gasteiger partial charge in [0.2, 0.25) is 0 Å². The SMILES string of the molecule is CC1(C)CC2CC(C)(CN2S(=O)(=O)NCc2ccc(Br)cc2)C1.PP(P)P(P)P. The Labute approximate surface area is 196 Å². The van der Waals surface area contributed by atoms with E-state index in [0.717, 1.165) is 29.3 Å². The molecule has 1 aromatic rings. The lowest BCUT2D eigenvalue weighted by molar-refractivity contribution is 0.133. The molecule has 1 saturated heterocycles. The Bertz CT molecular complexity index is 788. The van der Waals surface area contributed by atoms with Crippen LogP contribution in [0.3, 0.4) is 0 Å². The lowest BCUT2D eigenvalue weighted by Crippen LogP contribution is -2.43. The maximum atomic E-state index is 12.8. The Morgan fingerprint density at radius 3 is 2.17 bits per heavy atom. The van der Waals surface area contributed by atoms with Crippen molar-refractivity contribution in [3.8, 4) is 0 Å². The van der Waals surface area contributed by atoms with Gasteiger partial charge in [0, 0.05) is 23.6 Å². The summed E-state index contributed by atoms with van der Waals surface area (Å²) in [5.74, 6) is 0. The second-order valence-electron chi connectivity index (χ2n) is 8.97. The Balaban J connectivity index is 0.000000438. The highest BCUT2D eigenvalue weighted by molar-refractivity contribution is 9.10. The molecule has 1 saturated carbocycles. The minimum atomic E-state index is -3.44. The molecule has 2 fully saturated rings. The zero-order chi connectivity index (χ0) is 22.0. The van der Waals surface area contributed by atoms with Gasteiger partial charge >= 0.3 is 0 Å². The number of rotatable bonds is 5. The molecule has 2 aliphatic rings. The molecule has 6 unspecified atom stereocenters. The van der Waals surface area contributed by atoms with Crippen molar-refractivity contribution >= 4 is 75.8 Å². The summed E-state index contributed by atoms with van der Waals surface area (Å²) in [5, 5.41) is 0. The lowest BCUT2D eigenvalue weighted by atomic mass is 9.65. The van der Waals surface area contributed by atoms with Crippen LogP contribution in [-0.4, -0.2) is 25.3 Å². The zero-order valence-electron chi connectivity index (χ0n) is 17.2. The molecule has 1 heterocycles. The second kappa shape index (κ2) is 11.1. The molecule has 0 radical (unpaired) electrons. The average molecular weight is 595 g/mol. The Morgan fingerprint density at radius 2 is 1.66 bits per heavy atom. The minimum Gasteiger partial charge on any atom is -0.198 e. The van der Waals surface area contributed by atoms with Crippen molar-refractivity contribution in [2.24, 2.45) is 10.8 Å². The van der Waals surface area contributed by atoms with Gasteiger partial charge in [-0.15, -0.1) is 35.7 Å². The van der Waals surface area contributed by atoms with Crippen LogP contribution < -0.4 is 4.72 Å². The molecule has 1 aromatic carbocycles. The van der Waals surface area contributed by atoms with Crippen LogP contribution in [0.25, 0.3) is 0 Å².